The molecule has 0 fully saturated rings. The van der Waals surface area contributed by atoms with Gasteiger partial charge < -0.3 is 0 Å². The highest BCUT2D eigenvalue weighted by atomic mass is 14.7. The molecule has 0 spiro atoms. The van der Waals surface area contributed by atoms with E-state index < -0.39 is 0 Å². The average Bonchev–Trinajstić information content (AvgIpc) is 3.02. The van der Waals surface area contributed by atoms with E-state index in [1.165, 1.54) is 59.8 Å². The predicted octanol–water partition coefficient (Wildman–Crippen LogP) is 11.1. The van der Waals surface area contributed by atoms with Crippen LogP contribution in [0.25, 0.3) is 77.4 Å². The van der Waals surface area contributed by atoms with E-state index in [2.05, 4.69) is 141 Å². The summed E-state index contributed by atoms with van der Waals surface area (Å²) in [6, 6.07) is 35.0. The Morgan fingerprint density at radius 3 is 1.90 bits per heavy atom. The molecule has 2 nitrogen and oxygen atoms in total. The number of allylic oxidation sites excluding steroid dienone is 2. The zero-order chi connectivity index (χ0) is 28.6. The number of hydrogen-bond acceptors (Lipinski definition) is 2. The lowest BCUT2D eigenvalue weighted by Gasteiger charge is -2.20. The molecule has 6 aromatic carbocycles. The van der Waals surface area contributed by atoms with Gasteiger partial charge in [-0.25, -0.2) is 4.98 Å². The second-order valence-electron chi connectivity index (χ2n) is 10.6. The second kappa shape index (κ2) is 10.6. The summed E-state index contributed by atoms with van der Waals surface area (Å²) in [5.41, 5.74) is 6.74. The van der Waals surface area contributed by atoms with Crippen LogP contribution in [0.15, 0.2) is 127 Å². The summed E-state index contributed by atoms with van der Waals surface area (Å²) in [5.74, 6) is 0. The Kier molecular flexibility index (Phi) is 6.45. The molecule has 0 amide bonds. The number of pyridine rings is 1. The SMILES string of the molecule is C=CN=C/C=C/c1c(C)c(/C=C\C)c(-c2nc3cc4ccccc4cc3c3cc4ccccc4cc23)c2ccccc12. The van der Waals surface area contributed by atoms with Gasteiger partial charge in [0.15, 0.2) is 0 Å². The Bertz CT molecular complexity index is 2280. The van der Waals surface area contributed by atoms with Gasteiger partial charge in [-0.3, -0.25) is 4.99 Å². The Morgan fingerprint density at radius 2 is 1.24 bits per heavy atom. The molecule has 1 heterocycles. The number of aliphatic imine (C=N–C) groups is 1. The van der Waals surface area contributed by atoms with Crippen LogP contribution in [0.4, 0.5) is 0 Å². The molecule has 0 saturated heterocycles. The number of fused-ring (bicyclic) bond motifs is 6. The van der Waals surface area contributed by atoms with Crippen molar-refractivity contribution >= 4 is 72.4 Å². The third-order valence-corrected chi connectivity index (χ3v) is 8.20. The van der Waals surface area contributed by atoms with Crippen LogP contribution < -0.4 is 0 Å². The van der Waals surface area contributed by atoms with Crippen molar-refractivity contribution in [1.29, 1.82) is 0 Å². The van der Waals surface area contributed by atoms with Gasteiger partial charge >= 0.3 is 0 Å². The highest BCUT2D eigenvalue weighted by molar-refractivity contribution is 6.20. The van der Waals surface area contributed by atoms with Crippen molar-refractivity contribution in [3.8, 4) is 11.3 Å². The van der Waals surface area contributed by atoms with Crippen molar-refractivity contribution in [2.45, 2.75) is 13.8 Å². The second-order valence-corrected chi connectivity index (χ2v) is 10.6. The van der Waals surface area contributed by atoms with E-state index >= 15 is 0 Å². The van der Waals surface area contributed by atoms with Gasteiger partial charge in [-0.05, 0) is 98.6 Å². The average molecular weight is 539 g/mol. The molecule has 2 heteroatoms. The van der Waals surface area contributed by atoms with Crippen LogP contribution in [-0.2, 0) is 0 Å². The first-order chi connectivity index (χ1) is 20.7. The monoisotopic (exact) mass is 538 g/mol. The van der Waals surface area contributed by atoms with Gasteiger partial charge in [0.05, 0.1) is 11.2 Å². The molecule has 0 N–H and O–H groups in total. The molecule has 0 saturated carbocycles. The van der Waals surface area contributed by atoms with E-state index in [9.17, 15) is 0 Å². The lowest BCUT2D eigenvalue weighted by Crippen LogP contribution is -1.98. The molecule has 0 aliphatic carbocycles. The Hall–Kier alpha value is -5.34. The maximum Gasteiger partial charge on any atom is 0.0800 e. The first kappa shape index (κ1) is 25.6. The van der Waals surface area contributed by atoms with E-state index in [1.807, 2.05) is 6.08 Å². The summed E-state index contributed by atoms with van der Waals surface area (Å²) < 4.78 is 0. The fraction of sp³-hybridized carbons (Fsp3) is 0.0500. The quantitative estimate of drug-likeness (QED) is 0.122. The molecule has 7 aromatic rings. The van der Waals surface area contributed by atoms with Crippen molar-refractivity contribution in [3.05, 3.63) is 139 Å². The minimum Gasteiger partial charge on any atom is -0.265 e. The molecule has 0 unspecified atom stereocenters. The van der Waals surface area contributed by atoms with E-state index in [0.717, 1.165) is 22.2 Å². The standard InChI is InChI=1S/C40H30N2/c1-4-13-32-26(3)31(20-12-21-41-5-2)33-18-10-11-19-34(33)39(32)40-37-24-29-16-7-6-14-27(29)22-35(37)36-23-28-15-8-9-17-30(28)25-38(36)42-40/h4-25H,2H2,1,3H3/b13-4-,20-12+,41-21?. The number of aromatic nitrogens is 1. The summed E-state index contributed by atoms with van der Waals surface area (Å²) in [5, 5.41) is 10.8. The number of hydrogen-bond donors (Lipinski definition) is 0. The molecule has 0 aliphatic rings. The van der Waals surface area contributed by atoms with Crippen molar-refractivity contribution in [2.24, 2.45) is 4.99 Å². The molecule has 1 aromatic heterocycles. The topological polar surface area (TPSA) is 25.2 Å². The highest BCUT2D eigenvalue weighted by Crippen LogP contribution is 2.43. The molecule has 0 radical (unpaired) electrons. The van der Waals surface area contributed by atoms with Crippen LogP contribution in [0.2, 0.25) is 0 Å². The molecule has 0 aliphatic heterocycles. The molecular weight excluding hydrogens is 508 g/mol. The maximum atomic E-state index is 5.50. The molecule has 7 rings (SSSR count). The summed E-state index contributed by atoms with van der Waals surface area (Å²) >= 11 is 0. The fourth-order valence-electron chi connectivity index (χ4n) is 6.28. The third kappa shape index (κ3) is 4.20. The van der Waals surface area contributed by atoms with Crippen molar-refractivity contribution in [1.82, 2.24) is 4.98 Å². The fourth-order valence-corrected chi connectivity index (χ4v) is 6.28. The molecule has 0 bridgehead atoms. The van der Waals surface area contributed by atoms with E-state index in [-0.39, 0.29) is 0 Å². The maximum absolute atomic E-state index is 5.50. The number of nitrogens with zero attached hydrogens (tertiary/aromatic N) is 2. The summed E-state index contributed by atoms with van der Waals surface area (Å²) in [4.78, 5) is 9.65. The van der Waals surface area contributed by atoms with Crippen LogP contribution in [0, 0.1) is 6.92 Å². The van der Waals surface area contributed by atoms with Crippen LogP contribution in [0.5, 0.6) is 0 Å². The van der Waals surface area contributed by atoms with Crippen molar-refractivity contribution < 1.29 is 0 Å². The highest BCUT2D eigenvalue weighted by Gasteiger charge is 2.20. The van der Waals surface area contributed by atoms with E-state index in [1.54, 1.807) is 12.4 Å². The van der Waals surface area contributed by atoms with Gasteiger partial charge in [-0.2, -0.15) is 0 Å². The zero-order valence-corrected chi connectivity index (χ0v) is 23.8. The van der Waals surface area contributed by atoms with Gasteiger partial charge in [0, 0.05) is 28.8 Å². The summed E-state index contributed by atoms with van der Waals surface area (Å²) in [7, 11) is 0. The Balaban J connectivity index is 1.67. The van der Waals surface area contributed by atoms with Crippen LogP contribution in [0.3, 0.4) is 0 Å². The van der Waals surface area contributed by atoms with Crippen molar-refractivity contribution in [3.63, 3.8) is 0 Å². The predicted molar refractivity (Wildman–Crippen MR) is 184 cm³/mol. The van der Waals surface area contributed by atoms with Crippen LogP contribution >= 0.6 is 0 Å². The minimum atomic E-state index is 1.00. The molecular formula is C40H30N2. The van der Waals surface area contributed by atoms with E-state index in [4.69, 9.17) is 4.98 Å². The largest absolute Gasteiger partial charge is 0.265 e. The number of rotatable bonds is 5. The Morgan fingerprint density at radius 1 is 0.643 bits per heavy atom. The van der Waals surface area contributed by atoms with Gasteiger partial charge in [-0.1, -0.05) is 97.6 Å². The van der Waals surface area contributed by atoms with Gasteiger partial charge in [0.1, 0.15) is 0 Å². The smallest absolute Gasteiger partial charge is 0.0800 e. The first-order valence-electron chi connectivity index (χ1n) is 14.3. The first-order valence-corrected chi connectivity index (χ1v) is 14.3. The van der Waals surface area contributed by atoms with Crippen molar-refractivity contribution in [2.75, 3.05) is 0 Å². The van der Waals surface area contributed by atoms with Gasteiger partial charge in [0.2, 0.25) is 0 Å². The molecule has 0 atom stereocenters. The summed E-state index contributed by atoms with van der Waals surface area (Å²) in [6.45, 7) is 7.98. The van der Waals surface area contributed by atoms with Crippen LogP contribution in [-0.4, -0.2) is 11.2 Å². The zero-order valence-electron chi connectivity index (χ0n) is 23.8. The van der Waals surface area contributed by atoms with E-state index in [0.29, 0.717) is 0 Å². The summed E-state index contributed by atoms with van der Waals surface area (Å²) in [6.07, 6.45) is 11.8. The van der Waals surface area contributed by atoms with Gasteiger partial charge in [-0.15, -0.1) is 0 Å². The minimum absolute atomic E-state index is 1.00. The lowest BCUT2D eigenvalue weighted by molar-refractivity contribution is 1.40. The third-order valence-electron chi connectivity index (χ3n) is 8.20. The Labute approximate surface area is 245 Å². The molecule has 200 valence electrons. The normalized spacial score (nSPS) is 12.3. The lowest BCUT2D eigenvalue weighted by atomic mass is 9.85. The van der Waals surface area contributed by atoms with Gasteiger partial charge in [0.25, 0.3) is 0 Å². The van der Waals surface area contributed by atoms with Crippen LogP contribution in [0.1, 0.15) is 23.6 Å². The number of benzene rings is 6. The molecule has 42 heavy (non-hydrogen) atoms.